The van der Waals surface area contributed by atoms with Gasteiger partial charge in [-0.2, -0.15) is 0 Å². The van der Waals surface area contributed by atoms with Crippen LogP contribution >= 0.6 is 0 Å². The molecule has 0 spiro atoms. The molecule has 0 aliphatic carbocycles. The molecule has 0 unspecified atom stereocenters. The van der Waals surface area contributed by atoms with Gasteiger partial charge in [-0.25, -0.2) is 0 Å². The molecule has 3 aromatic carbocycles. The molecule has 0 saturated heterocycles. The van der Waals surface area contributed by atoms with Crippen molar-refractivity contribution in [2.24, 2.45) is 4.99 Å². The van der Waals surface area contributed by atoms with Crippen LogP contribution in [0.4, 0.5) is 0 Å². The van der Waals surface area contributed by atoms with Gasteiger partial charge in [-0.3, -0.25) is 4.99 Å². The van der Waals surface area contributed by atoms with Crippen molar-refractivity contribution in [1.82, 2.24) is 0 Å². The summed E-state index contributed by atoms with van der Waals surface area (Å²) in [6.07, 6.45) is 1.76. The van der Waals surface area contributed by atoms with Crippen LogP contribution in [0.2, 0.25) is 0 Å². The van der Waals surface area contributed by atoms with Crippen molar-refractivity contribution in [2.45, 2.75) is 13.0 Å². The molecule has 114 valence electrons. The molecule has 0 aliphatic heterocycles. The fraction of sp³-hybridized carbons (Fsp3) is 0.0952. The summed E-state index contributed by atoms with van der Waals surface area (Å²) in [5.41, 5.74) is 4.09. The first-order valence-electron chi connectivity index (χ1n) is 7.67. The number of phenolic OH excluding ortho intramolecular Hbond substituents is 1. The van der Waals surface area contributed by atoms with Gasteiger partial charge in [-0.1, -0.05) is 72.3 Å². The lowest BCUT2D eigenvalue weighted by molar-refractivity contribution is 0.474. The maximum absolute atomic E-state index is 10.00. The molecule has 0 bridgehead atoms. The van der Waals surface area contributed by atoms with Gasteiger partial charge in [0.05, 0.1) is 6.04 Å². The number of aliphatic imine (C=N–C) groups is 1. The van der Waals surface area contributed by atoms with E-state index in [1.807, 2.05) is 55.5 Å². The zero-order chi connectivity index (χ0) is 16.1. The van der Waals surface area contributed by atoms with Gasteiger partial charge in [-0.05, 0) is 30.2 Å². The van der Waals surface area contributed by atoms with Crippen LogP contribution in [0.3, 0.4) is 0 Å². The molecule has 0 fully saturated rings. The molecule has 0 heterocycles. The predicted octanol–water partition coefficient (Wildman–Crippen LogP) is 4.91. The van der Waals surface area contributed by atoms with Crippen LogP contribution in [-0.4, -0.2) is 11.3 Å². The highest BCUT2D eigenvalue weighted by Crippen LogP contribution is 2.26. The lowest BCUT2D eigenvalue weighted by atomic mass is 9.99. The SMILES string of the molecule is Cc1ccc(O)c(C=NC(c2ccccc2)c2ccccc2)c1. The van der Waals surface area contributed by atoms with Crippen LogP contribution < -0.4 is 0 Å². The normalized spacial score (nSPS) is 11.2. The van der Waals surface area contributed by atoms with E-state index in [1.54, 1.807) is 12.3 Å². The molecule has 3 aromatic rings. The largest absolute Gasteiger partial charge is 0.507 e. The van der Waals surface area contributed by atoms with Gasteiger partial charge in [0.15, 0.2) is 0 Å². The van der Waals surface area contributed by atoms with Crippen LogP contribution in [0, 0.1) is 6.92 Å². The summed E-state index contributed by atoms with van der Waals surface area (Å²) >= 11 is 0. The second-order valence-electron chi connectivity index (χ2n) is 5.56. The van der Waals surface area contributed by atoms with Crippen LogP contribution in [0.15, 0.2) is 83.9 Å². The lowest BCUT2D eigenvalue weighted by Gasteiger charge is -2.13. The third-order valence-electron chi connectivity index (χ3n) is 3.78. The van der Waals surface area contributed by atoms with E-state index < -0.39 is 0 Å². The Morgan fingerprint density at radius 3 is 1.96 bits per heavy atom. The molecule has 0 radical (unpaired) electrons. The number of phenols is 1. The quantitative estimate of drug-likeness (QED) is 0.682. The Labute approximate surface area is 136 Å². The molecule has 3 rings (SSSR count). The second kappa shape index (κ2) is 6.93. The van der Waals surface area contributed by atoms with Crippen molar-refractivity contribution in [1.29, 1.82) is 0 Å². The molecular formula is C21H19NO. The van der Waals surface area contributed by atoms with Gasteiger partial charge >= 0.3 is 0 Å². The van der Waals surface area contributed by atoms with E-state index in [4.69, 9.17) is 4.99 Å². The average molecular weight is 301 g/mol. The van der Waals surface area contributed by atoms with E-state index in [-0.39, 0.29) is 11.8 Å². The zero-order valence-corrected chi connectivity index (χ0v) is 13.1. The summed E-state index contributed by atoms with van der Waals surface area (Å²) in [4.78, 5) is 4.75. The van der Waals surface area contributed by atoms with Crippen molar-refractivity contribution in [2.75, 3.05) is 0 Å². The summed E-state index contributed by atoms with van der Waals surface area (Å²) in [7, 11) is 0. The highest BCUT2D eigenvalue weighted by Gasteiger charge is 2.11. The van der Waals surface area contributed by atoms with Gasteiger partial charge in [0, 0.05) is 11.8 Å². The summed E-state index contributed by atoms with van der Waals surface area (Å²) in [6.45, 7) is 2.00. The van der Waals surface area contributed by atoms with Crippen LogP contribution in [-0.2, 0) is 0 Å². The van der Waals surface area contributed by atoms with Gasteiger partial charge in [-0.15, -0.1) is 0 Å². The summed E-state index contributed by atoms with van der Waals surface area (Å²) in [5, 5.41) is 10.00. The minimum absolute atomic E-state index is 0.0858. The minimum atomic E-state index is -0.0858. The van der Waals surface area contributed by atoms with Crippen LogP contribution in [0.5, 0.6) is 5.75 Å². The number of nitrogens with zero attached hydrogens (tertiary/aromatic N) is 1. The number of benzene rings is 3. The van der Waals surface area contributed by atoms with E-state index in [0.717, 1.165) is 22.3 Å². The molecule has 2 nitrogen and oxygen atoms in total. The van der Waals surface area contributed by atoms with E-state index in [9.17, 15) is 5.11 Å². The number of aromatic hydroxyl groups is 1. The number of aryl methyl sites for hydroxylation is 1. The van der Waals surface area contributed by atoms with E-state index in [2.05, 4.69) is 24.3 Å². The first-order valence-corrected chi connectivity index (χ1v) is 7.67. The van der Waals surface area contributed by atoms with Crippen molar-refractivity contribution < 1.29 is 5.11 Å². The maximum Gasteiger partial charge on any atom is 0.124 e. The Morgan fingerprint density at radius 2 is 1.39 bits per heavy atom. The summed E-state index contributed by atoms with van der Waals surface area (Å²) in [6, 6.07) is 25.8. The molecule has 0 amide bonds. The van der Waals surface area contributed by atoms with Crippen molar-refractivity contribution in [3.05, 3.63) is 101 Å². The number of hydrogen-bond donors (Lipinski definition) is 1. The summed E-state index contributed by atoms with van der Waals surface area (Å²) < 4.78 is 0. The minimum Gasteiger partial charge on any atom is -0.507 e. The molecule has 0 saturated carbocycles. The van der Waals surface area contributed by atoms with E-state index in [1.165, 1.54) is 0 Å². The molecule has 1 N–H and O–H groups in total. The smallest absolute Gasteiger partial charge is 0.124 e. The van der Waals surface area contributed by atoms with E-state index >= 15 is 0 Å². The molecule has 0 aromatic heterocycles. The zero-order valence-electron chi connectivity index (χ0n) is 13.1. The van der Waals surface area contributed by atoms with Gasteiger partial charge in [0.2, 0.25) is 0 Å². The average Bonchev–Trinajstić information content (AvgIpc) is 2.60. The van der Waals surface area contributed by atoms with E-state index in [0.29, 0.717) is 0 Å². The third-order valence-corrected chi connectivity index (χ3v) is 3.78. The Kier molecular flexibility index (Phi) is 4.53. The fourth-order valence-corrected chi connectivity index (χ4v) is 2.57. The van der Waals surface area contributed by atoms with Gasteiger partial charge < -0.3 is 5.11 Å². The standard InChI is InChI=1S/C21H19NO/c1-16-12-13-20(23)19(14-16)15-22-21(17-8-4-2-5-9-17)18-10-6-3-7-11-18/h2-15,21,23H,1H3. The van der Waals surface area contributed by atoms with Crippen LogP contribution in [0.25, 0.3) is 0 Å². The predicted molar refractivity (Wildman–Crippen MR) is 95.2 cm³/mol. The Hall–Kier alpha value is -2.87. The number of hydrogen-bond acceptors (Lipinski definition) is 2. The number of rotatable bonds is 4. The Balaban J connectivity index is 1.99. The van der Waals surface area contributed by atoms with Crippen LogP contribution in [0.1, 0.15) is 28.3 Å². The lowest BCUT2D eigenvalue weighted by Crippen LogP contribution is -1.99. The Bertz CT molecular complexity index is 755. The highest BCUT2D eigenvalue weighted by molar-refractivity contribution is 5.84. The molecule has 0 atom stereocenters. The first kappa shape index (κ1) is 15.0. The molecule has 23 heavy (non-hydrogen) atoms. The first-order chi connectivity index (χ1) is 11.2. The summed E-state index contributed by atoms with van der Waals surface area (Å²) in [5.74, 6) is 0.249. The maximum atomic E-state index is 10.00. The second-order valence-corrected chi connectivity index (χ2v) is 5.56. The molecular weight excluding hydrogens is 282 g/mol. The topological polar surface area (TPSA) is 32.6 Å². The molecule has 0 aliphatic rings. The van der Waals surface area contributed by atoms with Crippen molar-refractivity contribution in [3.8, 4) is 5.75 Å². The Morgan fingerprint density at radius 1 is 0.826 bits per heavy atom. The van der Waals surface area contributed by atoms with Gasteiger partial charge in [0.25, 0.3) is 0 Å². The third kappa shape index (κ3) is 3.67. The van der Waals surface area contributed by atoms with Crippen molar-refractivity contribution in [3.63, 3.8) is 0 Å². The molecule has 2 heteroatoms. The van der Waals surface area contributed by atoms with Gasteiger partial charge in [0.1, 0.15) is 5.75 Å². The van der Waals surface area contributed by atoms with Crippen molar-refractivity contribution >= 4 is 6.21 Å². The monoisotopic (exact) mass is 301 g/mol. The highest BCUT2D eigenvalue weighted by atomic mass is 16.3. The fourth-order valence-electron chi connectivity index (χ4n) is 2.57.